The zero-order valence-electron chi connectivity index (χ0n) is 16.7. The minimum atomic E-state index is -3.39. The molecule has 2 aromatic carbocycles. The zero-order valence-corrected chi connectivity index (χ0v) is 18.3. The van der Waals surface area contributed by atoms with Gasteiger partial charge >= 0.3 is 5.63 Å². The number of ether oxygens (including phenoxy) is 1. The van der Waals surface area contributed by atoms with E-state index in [1.165, 1.54) is 12.1 Å². The summed E-state index contributed by atoms with van der Waals surface area (Å²) in [6.45, 7) is 0.756. The van der Waals surface area contributed by atoms with Crippen molar-refractivity contribution in [3.63, 3.8) is 0 Å². The number of carbonyl (C=O) groups is 1. The summed E-state index contributed by atoms with van der Waals surface area (Å²) in [7, 11) is -1.83. The fourth-order valence-electron chi connectivity index (χ4n) is 3.13. The molecule has 31 heavy (non-hydrogen) atoms. The standard InChI is InChI=1S/C21H18N2O6S2/c1-28-10-9-23-16-8-7-14(31(2,26)27)12-18(16)30-21(23)22-19(24)15-11-13-5-3-4-6-17(13)29-20(15)25/h3-8,11-12H,9-10H2,1-2H3. The number of carbonyl (C=O) groups excluding carboxylic acids is 1. The van der Waals surface area contributed by atoms with Crippen LogP contribution in [0.2, 0.25) is 0 Å². The molecule has 8 nitrogen and oxygen atoms in total. The number of thiazole rings is 1. The molecule has 0 aliphatic carbocycles. The second kappa shape index (κ2) is 8.22. The van der Waals surface area contributed by atoms with E-state index in [-0.39, 0.29) is 10.5 Å². The summed E-state index contributed by atoms with van der Waals surface area (Å²) in [6.07, 6.45) is 1.13. The Morgan fingerprint density at radius 2 is 1.97 bits per heavy atom. The summed E-state index contributed by atoms with van der Waals surface area (Å²) in [4.78, 5) is 29.8. The molecule has 0 bridgehead atoms. The predicted molar refractivity (Wildman–Crippen MR) is 117 cm³/mol. The Balaban J connectivity index is 1.88. The molecule has 0 aliphatic rings. The van der Waals surface area contributed by atoms with Crippen molar-refractivity contribution in [2.45, 2.75) is 11.4 Å². The molecule has 0 unspecified atom stereocenters. The lowest BCUT2D eigenvalue weighted by molar-refractivity contribution is 0.0994. The number of sulfone groups is 1. The van der Waals surface area contributed by atoms with E-state index in [2.05, 4.69) is 4.99 Å². The van der Waals surface area contributed by atoms with Crippen molar-refractivity contribution in [1.82, 2.24) is 4.57 Å². The van der Waals surface area contributed by atoms with Gasteiger partial charge in [0.2, 0.25) is 0 Å². The van der Waals surface area contributed by atoms with Crippen LogP contribution < -0.4 is 10.4 Å². The summed E-state index contributed by atoms with van der Waals surface area (Å²) in [6, 6.07) is 13.1. The SMILES string of the molecule is COCCn1c(=NC(=O)c2cc3ccccc3oc2=O)sc2cc(S(C)(=O)=O)ccc21. The maximum Gasteiger partial charge on any atom is 0.349 e. The fourth-order valence-corrected chi connectivity index (χ4v) is 4.94. The number of para-hydroxylation sites is 1. The Labute approximate surface area is 181 Å². The quantitative estimate of drug-likeness (QED) is 0.426. The Hall–Kier alpha value is -3.08. The van der Waals surface area contributed by atoms with E-state index in [0.717, 1.165) is 17.6 Å². The predicted octanol–water partition coefficient (Wildman–Crippen LogP) is 2.60. The molecule has 0 atom stereocenters. The first-order chi connectivity index (χ1) is 14.8. The van der Waals surface area contributed by atoms with Crippen LogP contribution in [0.1, 0.15) is 10.4 Å². The van der Waals surface area contributed by atoms with E-state index in [1.54, 1.807) is 48.1 Å². The molecule has 10 heteroatoms. The number of fused-ring (bicyclic) bond motifs is 2. The third kappa shape index (κ3) is 4.22. The molecule has 2 heterocycles. The summed E-state index contributed by atoms with van der Waals surface area (Å²) >= 11 is 1.16. The Morgan fingerprint density at radius 3 is 2.71 bits per heavy atom. The van der Waals surface area contributed by atoms with Crippen molar-refractivity contribution in [2.75, 3.05) is 20.0 Å². The van der Waals surface area contributed by atoms with Crippen LogP contribution in [0, 0.1) is 0 Å². The maximum atomic E-state index is 12.8. The number of aromatic nitrogens is 1. The number of hydrogen-bond acceptors (Lipinski definition) is 7. The molecular formula is C21H18N2O6S2. The highest BCUT2D eigenvalue weighted by Gasteiger charge is 2.16. The number of rotatable bonds is 5. The topological polar surface area (TPSA) is 108 Å². The number of hydrogen-bond donors (Lipinski definition) is 0. The van der Waals surface area contributed by atoms with Gasteiger partial charge in [-0.15, -0.1) is 0 Å². The monoisotopic (exact) mass is 458 g/mol. The molecule has 0 radical (unpaired) electrons. The number of methoxy groups -OCH3 is 1. The lowest BCUT2D eigenvalue weighted by atomic mass is 10.2. The number of amides is 1. The van der Waals surface area contributed by atoms with Gasteiger partial charge < -0.3 is 13.7 Å². The van der Waals surface area contributed by atoms with Gasteiger partial charge in [0.05, 0.1) is 21.7 Å². The Morgan fingerprint density at radius 1 is 1.19 bits per heavy atom. The van der Waals surface area contributed by atoms with E-state index in [4.69, 9.17) is 9.15 Å². The van der Waals surface area contributed by atoms with Crippen LogP contribution in [0.3, 0.4) is 0 Å². The van der Waals surface area contributed by atoms with Crippen molar-refractivity contribution < 1.29 is 22.4 Å². The van der Waals surface area contributed by atoms with Crippen LogP contribution in [0.15, 0.2) is 67.6 Å². The van der Waals surface area contributed by atoms with Gasteiger partial charge in [-0.05, 0) is 30.3 Å². The molecule has 0 aliphatic heterocycles. The summed E-state index contributed by atoms with van der Waals surface area (Å²) < 4.78 is 36.6. The van der Waals surface area contributed by atoms with Crippen LogP contribution in [0.4, 0.5) is 0 Å². The largest absolute Gasteiger partial charge is 0.422 e. The lowest BCUT2D eigenvalue weighted by Crippen LogP contribution is -2.21. The minimum absolute atomic E-state index is 0.174. The van der Waals surface area contributed by atoms with Gasteiger partial charge in [0, 0.05) is 25.3 Å². The van der Waals surface area contributed by atoms with Gasteiger partial charge in [0.1, 0.15) is 11.1 Å². The summed E-state index contributed by atoms with van der Waals surface area (Å²) in [5, 5.41) is 0.613. The second-order valence-corrected chi connectivity index (χ2v) is 9.86. The average molecular weight is 459 g/mol. The maximum absolute atomic E-state index is 12.8. The van der Waals surface area contributed by atoms with Gasteiger partial charge in [-0.1, -0.05) is 29.5 Å². The first-order valence-electron chi connectivity index (χ1n) is 9.22. The van der Waals surface area contributed by atoms with E-state index in [0.29, 0.717) is 39.1 Å². The Bertz CT molecular complexity index is 1540. The van der Waals surface area contributed by atoms with Crippen LogP contribution >= 0.6 is 11.3 Å². The minimum Gasteiger partial charge on any atom is -0.422 e. The van der Waals surface area contributed by atoms with Crippen molar-refractivity contribution >= 4 is 48.3 Å². The molecule has 0 saturated carbocycles. The molecule has 0 saturated heterocycles. The third-order valence-electron chi connectivity index (χ3n) is 4.67. The molecule has 4 rings (SSSR count). The van der Waals surface area contributed by atoms with Crippen molar-refractivity contribution in [3.05, 3.63) is 69.3 Å². The van der Waals surface area contributed by atoms with Crippen molar-refractivity contribution in [2.24, 2.45) is 4.99 Å². The second-order valence-electron chi connectivity index (χ2n) is 6.83. The first kappa shape index (κ1) is 21.2. The highest BCUT2D eigenvalue weighted by atomic mass is 32.2. The highest BCUT2D eigenvalue weighted by Crippen LogP contribution is 2.22. The molecule has 4 aromatic rings. The average Bonchev–Trinajstić information content (AvgIpc) is 3.07. The molecule has 0 fully saturated rings. The normalized spacial score (nSPS) is 12.6. The first-order valence-corrected chi connectivity index (χ1v) is 11.9. The van der Waals surface area contributed by atoms with Crippen LogP contribution in [0.5, 0.6) is 0 Å². The molecule has 0 N–H and O–H groups in total. The van der Waals surface area contributed by atoms with Crippen molar-refractivity contribution in [1.29, 1.82) is 0 Å². The third-order valence-corrected chi connectivity index (χ3v) is 6.82. The van der Waals surface area contributed by atoms with E-state index < -0.39 is 21.4 Å². The molecule has 160 valence electrons. The molecule has 2 aromatic heterocycles. The van der Waals surface area contributed by atoms with Gasteiger partial charge in [0.25, 0.3) is 5.91 Å². The molecule has 1 amide bonds. The molecular weight excluding hydrogens is 440 g/mol. The van der Waals surface area contributed by atoms with Gasteiger partial charge in [-0.2, -0.15) is 4.99 Å². The molecule has 0 spiro atoms. The smallest absolute Gasteiger partial charge is 0.349 e. The summed E-state index contributed by atoms with van der Waals surface area (Å²) in [5.41, 5.74) is 0.156. The van der Waals surface area contributed by atoms with Gasteiger partial charge in [-0.3, -0.25) is 4.79 Å². The van der Waals surface area contributed by atoms with Gasteiger partial charge in [-0.25, -0.2) is 13.2 Å². The highest BCUT2D eigenvalue weighted by molar-refractivity contribution is 7.90. The zero-order chi connectivity index (χ0) is 22.2. The summed E-state index contributed by atoms with van der Waals surface area (Å²) in [5.74, 6) is -0.736. The van der Waals surface area contributed by atoms with Gasteiger partial charge in [0.15, 0.2) is 14.6 Å². The Kier molecular flexibility index (Phi) is 5.61. The lowest BCUT2D eigenvalue weighted by Gasteiger charge is -2.05. The van der Waals surface area contributed by atoms with Crippen LogP contribution in [-0.2, 0) is 21.1 Å². The van der Waals surface area contributed by atoms with Crippen LogP contribution in [0.25, 0.3) is 21.2 Å². The van der Waals surface area contributed by atoms with E-state index in [1.807, 2.05) is 0 Å². The van der Waals surface area contributed by atoms with E-state index >= 15 is 0 Å². The number of nitrogens with zero attached hydrogens (tertiary/aromatic N) is 2. The van der Waals surface area contributed by atoms with Crippen LogP contribution in [-0.4, -0.2) is 38.9 Å². The van der Waals surface area contributed by atoms with E-state index in [9.17, 15) is 18.0 Å². The fraction of sp³-hybridized carbons (Fsp3) is 0.190. The number of benzene rings is 2. The van der Waals surface area contributed by atoms with Crippen molar-refractivity contribution in [3.8, 4) is 0 Å².